The highest BCUT2D eigenvalue weighted by Gasteiger charge is 2.49. The van der Waals surface area contributed by atoms with Crippen LogP contribution in [-0.4, -0.2) is 58.0 Å². The van der Waals surface area contributed by atoms with Gasteiger partial charge in [0.15, 0.2) is 0 Å². The number of hydrogen-bond donors (Lipinski definition) is 2. The molecule has 0 aromatic rings. The zero-order valence-electron chi connectivity index (χ0n) is 18.0. The number of nitrogens with zero attached hydrogens (tertiary/aromatic N) is 1. The van der Waals surface area contributed by atoms with Crippen LogP contribution < -0.4 is 0 Å². The molecule has 6 unspecified atom stereocenters. The highest BCUT2D eigenvalue weighted by Crippen LogP contribution is 2.44. The molecule has 1 heterocycles. The Morgan fingerprint density at radius 2 is 1.97 bits per heavy atom. The van der Waals surface area contributed by atoms with Crippen LogP contribution in [0.5, 0.6) is 0 Å². The Bertz CT molecular complexity index is 662. The van der Waals surface area contributed by atoms with Crippen LogP contribution in [0.15, 0.2) is 23.8 Å². The molecule has 29 heavy (non-hydrogen) atoms. The molecule has 1 saturated carbocycles. The van der Waals surface area contributed by atoms with Crippen molar-refractivity contribution in [2.24, 2.45) is 23.7 Å². The van der Waals surface area contributed by atoms with Gasteiger partial charge in [-0.1, -0.05) is 30.7 Å². The zero-order valence-corrected chi connectivity index (χ0v) is 18.0. The number of aliphatic hydroxyl groups excluding tert-OH is 2. The zero-order chi connectivity index (χ0) is 20.7. The molecule has 0 aromatic carbocycles. The van der Waals surface area contributed by atoms with Crippen LogP contribution in [0, 0.1) is 23.7 Å². The molecule has 1 saturated heterocycles. The van der Waals surface area contributed by atoms with E-state index in [9.17, 15) is 15.0 Å². The van der Waals surface area contributed by atoms with Crippen molar-refractivity contribution >= 4 is 5.91 Å². The van der Waals surface area contributed by atoms with E-state index in [1.807, 2.05) is 26.8 Å². The van der Waals surface area contributed by atoms with Gasteiger partial charge in [0, 0.05) is 24.4 Å². The van der Waals surface area contributed by atoms with Crippen LogP contribution in [0.1, 0.15) is 59.3 Å². The first-order chi connectivity index (χ1) is 13.9. The molecule has 4 rings (SSSR count). The van der Waals surface area contributed by atoms with Gasteiger partial charge in [0.1, 0.15) is 0 Å². The minimum Gasteiger partial charge on any atom is -0.392 e. The molecule has 5 heteroatoms. The van der Waals surface area contributed by atoms with Crippen molar-refractivity contribution in [2.75, 3.05) is 6.54 Å². The third kappa shape index (κ3) is 3.94. The van der Waals surface area contributed by atoms with Gasteiger partial charge in [0.2, 0.25) is 5.91 Å². The number of carbonyl (C=O) groups is 1. The predicted octanol–water partition coefficient (Wildman–Crippen LogP) is 3.06. The number of allylic oxidation sites excluding steroid dienone is 1. The minimum absolute atomic E-state index is 0.0665. The van der Waals surface area contributed by atoms with Crippen molar-refractivity contribution in [3.05, 3.63) is 23.8 Å². The summed E-state index contributed by atoms with van der Waals surface area (Å²) in [6, 6.07) is 0.305. The van der Waals surface area contributed by atoms with Crippen LogP contribution in [0.3, 0.4) is 0 Å². The maximum atomic E-state index is 13.8. The molecule has 4 aliphatic rings. The third-order valence-electron chi connectivity index (χ3n) is 7.61. The molecule has 6 atom stereocenters. The topological polar surface area (TPSA) is 70.0 Å². The van der Waals surface area contributed by atoms with Crippen LogP contribution in [-0.2, 0) is 9.53 Å². The van der Waals surface area contributed by atoms with Gasteiger partial charge < -0.3 is 19.8 Å². The summed E-state index contributed by atoms with van der Waals surface area (Å²) in [5, 5.41) is 20.8. The van der Waals surface area contributed by atoms with Crippen molar-refractivity contribution < 1.29 is 19.7 Å². The Hall–Kier alpha value is -1.17. The van der Waals surface area contributed by atoms with E-state index in [-0.39, 0.29) is 35.9 Å². The highest BCUT2D eigenvalue weighted by molar-refractivity contribution is 5.82. The number of piperidine rings is 1. The van der Waals surface area contributed by atoms with Crippen LogP contribution in [0.4, 0.5) is 0 Å². The summed E-state index contributed by atoms with van der Waals surface area (Å²) in [7, 11) is 0. The maximum Gasteiger partial charge on any atom is 0.232 e. The molecular weight excluding hydrogens is 366 g/mol. The van der Waals surface area contributed by atoms with Gasteiger partial charge >= 0.3 is 0 Å². The fraction of sp³-hybridized carbons (Fsp3) is 0.792. The summed E-state index contributed by atoms with van der Waals surface area (Å²) < 4.78 is 6.18. The number of hydrogen-bond acceptors (Lipinski definition) is 4. The third-order valence-corrected chi connectivity index (χ3v) is 7.61. The number of fused-ring (bicyclic) bond motifs is 1. The van der Waals surface area contributed by atoms with Crippen molar-refractivity contribution in [3.63, 3.8) is 0 Å². The van der Waals surface area contributed by atoms with Gasteiger partial charge in [-0.15, -0.1) is 0 Å². The number of amides is 1. The van der Waals surface area contributed by atoms with Crippen LogP contribution in [0.2, 0.25) is 0 Å². The van der Waals surface area contributed by atoms with E-state index in [1.165, 1.54) is 6.42 Å². The first kappa shape index (κ1) is 21.1. The summed E-state index contributed by atoms with van der Waals surface area (Å²) in [4.78, 5) is 15.9. The maximum absolute atomic E-state index is 13.8. The highest BCUT2D eigenvalue weighted by atomic mass is 16.5. The van der Waals surface area contributed by atoms with E-state index < -0.39 is 12.2 Å². The Morgan fingerprint density at radius 3 is 2.69 bits per heavy atom. The SMILES string of the molecule is CC(C)OC1CCC(C2C(O)C(C)C2O)=CC1C(=O)N1CCCC2C=CCCC21. The Labute approximate surface area is 174 Å². The Kier molecular flexibility index (Phi) is 6.19. The molecule has 3 aliphatic carbocycles. The molecule has 0 bridgehead atoms. The van der Waals surface area contributed by atoms with Crippen molar-refractivity contribution in [3.8, 4) is 0 Å². The molecular formula is C24H37NO4. The van der Waals surface area contributed by atoms with Crippen LogP contribution >= 0.6 is 0 Å². The second-order valence-corrected chi connectivity index (χ2v) is 9.81. The first-order valence-electron chi connectivity index (χ1n) is 11.6. The predicted molar refractivity (Wildman–Crippen MR) is 112 cm³/mol. The second kappa shape index (κ2) is 8.52. The monoisotopic (exact) mass is 403 g/mol. The van der Waals surface area contributed by atoms with Crippen molar-refractivity contribution in [1.82, 2.24) is 4.90 Å². The molecule has 1 aliphatic heterocycles. The Balaban J connectivity index is 1.58. The van der Waals surface area contributed by atoms with E-state index in [1.54, 1.807) is 0 Å². The minimum atomic E-state index is -0.516. The number of likely N-dealkylation sites (tertiary alicyclic amines) is 1. The molecule has 1 amide bonds. The quantitative estimate of drug-likeness (QED) is 0.708. The summed E-state index contributed by atoms with van der Waals surface area (Å²) in [5.41, 5.74) is 1.04. The van der Waals surface area contributed by atoms with Gasteiger partial charge in [-0.2, -0.15) is 0 Å². The molecule has 2 N–H and O–H groups in total. The van der Waals surface area contributed by atoms with Gasteiger partial charge in [-0.3, -0.25) is 4.79 Å². The standard InChI is InChI=1S/C24H37NO4/c1-14(2)29-20-11-10-17(21-22(26)15(3)23(21)27)13-18(20)24(28)25-12-6-8-16-7-4-5-9-19(16)25/h4,7,13-16,18-23,26-27H,5-6,8-12H2,1-3H3. The fourth-order valence-corrected chi connectivity index (χ4v) is 5.96. The van der Waals surface area contributed by atoms with E-state index in [0.29, 0.717) is 12.0 Å². The second-order valence-electron chi connectivity index (χ2n) is 9.81. The van der Waals surface area contributed by atoms with Crippen molar-refractivity contribution in [2.45, 2.75) is 89.8 Å². The lowest BCUT2D eigenvalue weighted by molar-refractivity contribution is -0.147. The smallest absolute Gasteiger partial charge is 0.232 e. The van der Waals surface area contributed by atoms with Crippen LogP contribution in [0.25, 0.3) is 0 Å². The molecule has 0 aromatic heterocycles. The molecule has 5 nitrogen and oxygen atoms in total. The van der Waals surface area contributed by atoms with Gasteiger partial charge in [-0.25, -0.2) is 0 Å². The van der Waals surface area contributed by atoms with E-state index in [4.69, 9.17) is 4.74 Å². The van der Waals surface area contributed by atoms with Crippen molar-refractivity contribution in [1.29, 1.82) is 0 Å². The molecule has 2 fully saturated rings. The van der Waals surface area contributed by atoms with Gasteiger partial charge in [0.25, 0.3) is 0 Å². The van der Waals surface area contributed by atoms with E-state index >= 15 is 0 Å². The summed E-state index contributed by atoms with van der Waals surface area (Å²) in [6.45, 7) is 6.75. The van der Waals surface area contributed by atoms with Gasteiger partial charge in [0.05, 0.1) is 30.3 Å². The average Bonchev–Trinajstić information content (AvgIpc) is 2.73. The summed E-state index contributed by atoms with van der Waals surface area (Å²) in [6.07, 6.45) is 11.4. The largest absolute Gasteiger partial charge is 0.392 e. The molecule has 162 valence electrons. The lowest BCUT2D eigenvalue weighted by Crippen LogP contribution is -2.56. The van der Waals surface area contributed by atoms with Gasteiger partial charge in [-0.05, 0) is 58.3 Å². The first-order valence-corrected chi connectivity index (χ1v) is 11.6. The average molecular weight is 404 g/mol. The van der Waals surface area contributed by atoms with E-state index in [0.717, 1.165) is 44.2 Å². The molecule has 0 spiro atoms. The Morgan fingerprint density at radius 1 is 1.21 bits per heavy atom. The lowest BCUT2D eigenvalue weighted by atomic mass is 9.64. The lowest BCUT2D eigenvalue weighted by Gasteiger charge is -2.48. The molecule has 0 radical (unpaired) electrons. The summed E-state index contributed by atoms with van der Waals surface area (Å²) in [5.74, 6) is 0.00739. The number of carbonyl (C=O) groups excluding carboxylic acids is 1. The summed E-state index contributed by atoms with van der Waals surface area (Å²) >= 11 is 0. The number of ether oxygens (including phenoxy) is 1. The van der Waals surface area contributed by atoms with E-state index in [2.05, 4.69) is 17.1 Å². The number of rotatable bonds is 4. The normalized spacial score (nSPS) is 42.3. The number of aliphatic hydroxyl groups is 2. The fourth-order valence-electron chi connectivity index (χ4n) is 5.96.